The van der Waals surface area contributed by atoms with Gasteiger partial charge in [0.2, 0.25) is 0 Å². The minimum atomic E-state index is 1.04. The molecule has 0 radical (unpaired) electrons. The maximum absolute atomic E-state index is 4.13. The molecule has 0 amide bonds. The Morgan fingerprint density at radius 2 is 1.94 bits per heavy atom. The Kier molecular flexibility index (Phi) is 7.80. The van der Waals surface area contributed by atoms with Crippen LogP contribution in [0.4, 0.5) is 0 Å². The van der Waals surface area contributed by atoms with E-state index >= 15 is 0 Å². The van der Waals surface area contributed by atoms with E-state index in [4.69, 9.17) is 0 Å². The van der Waals surface area contributed by atoms with Gasteiger partial charge >= 0.3 is 0 Å². The molecule has 0 aromatic carbocycles. The van der Waals surface area contributed by atoms with E-state index in [0.717, 1.165) is 13.0 Å². The van der Waals surface area contributed by atoms with Crippen LogP contribution >= 0.6 is 22.6 Å². The molecule has 1 heterocycles. The monoisotopic (exact) mass is 335 g/mol. The van der Waals surface area contributed by atoms with Crippen molar-refractivity contribution < 1.29 is 0 Å². The zero-order valence-electron chi connectivity index (χ0n) is 10.2. The van der Waals surface area contributed by atoms with E-state index in [9.17, 15) is 0 Å². The Hall–Kier alpha value is -0.130. The second-order valence-corrected chi connectivity index (χ2v) is 5.23. The second kappa shape index (κ2) is 8.96. The van der Waals surface area contributed by atoms with Gasteiger partial charge in [0.15, 0.2) is 0 Å². The molecule has 0 N–H and O–H groups in total. The lowest BCUT2D eigenvalue weighted by molar-refractivity contribution is 0.506. The highest BCUT2D eigenvalue weighted by Crippen LogP contribution is 2.07. The van der Waals surface area contributed by atoms with Gasteiger partial charge < -0.3 is 0 Å². The molecule has 0 aliphatic rings. The summed E-state index contributed by atoms with van der Waals surface area (Å²) in [6.45, 7) is 3.24. The Bertz CT molecular complexity index is 273. The average Bonchev–Trinajstić information content (AvgIpc) is 2.72. The Balaban J connectivity index is 2.13. The molecule has 1 aromatic rings. The molecule has 0 bridgehead atoms. The summed E-state index contributed by atoms with van der Waals surface area (Å²) in [6.07, 6.45) is 10.8. The van der Waals surface area contributed by atoms with Gasteiger partial charge in [-0.05, 0) is 23.7 Å². The molecular weight excluding hydrogens is 313 g/mol. The fourth-order valence-corrected chi connectivity index (χ4v) is 2.34. The predicted octanol–water partition coefficient (Wildman–Crippen LogP) is 3.62. The van der Waals surface area contributed by atoms with Gasteiger partial charge in [-0.3, -0.25) is 0 Å². The van der Waals surface area contributed by atoms with Crippen LogP contribution < -0.4 is 0 Å². The summed E-state index contributed by atoms with van der Waals surface area (Å²) in [7, 11) is 0. The highest BCUT2D eigenvalue weighted by Gasteiger charge is 2.01. The van der Waals surface area contributed by atoms with Gasteiger partial charge in [-0.1, -0.05) is 60.4 Å². The molecule has 4 heteroatoms. The van der Waals surface area contributed by atoms with Crippen LogP contribution in [0.5, 0.6) is 0 Å². The Labute approximate surface area is 112 Å². The second-order valence-electron chi connectivity index (χ2n) is 4.16. The standard InChI is InChI=1S/C12H22IN3/c1-2-8-12-11-14-15-16(12)10-7-5-3-4-6-9-13/h11H,2-10H2,1H3. The fraction of sp³-hybridized carbons (Fsp3) is 0.833. The van der Waals surface area contributed by atoms with Gasteiger partial charge in [0.25, 0.3) is 0 Å². The van der Waals surface area contributed by atoms with E-state index < -0.39 is 0 Å². The van der Waals surface area contributed by atoms with Crippen molar-refractivity contribution in [1.82, 2.24) is 15.0 Å². The zero-order valence-corrected chi connectivity index (χ0v) is 12.3. The summed E-state index contributed by atoms with van der Waals surface area (Å²) in [5.74, 6) is 0. The SMILES string of the molecule is CCCc1cnnn1CCCCCCCI. The maximum Gasteiger partial charge on any atom is 0.0725 e. The number of unbranched alkanes of at least 4 members (excludes halogenated alkanes) is 4. The van der Waals surface area contributed by atoms with E-state index in [0.29, 0.717) is 0 Å². The Morgan fingerprint density at radius 3 is 2.69 bits per heavy atom. The van der Waals surface area contributed by atoms with Crippen molar-refractivity contribution in [1.29, 1.82) is 0 Å². The third kappa shape index (κ3) is 5.27. The molecule has 16 heavy (non-hydrogen) atoms. The minimum Gasteiger partial charge on any atom is -0.249 e. The molecule has 1 aromatic heterocycles. The fourth-order valence-electron chi connectivity index (χ4n) is 1.80. The van der Waals surface area contributed by atoms with E-state index in [-0.39, 0.29) is 0 Å². The molecule has 0 unspecified atom stereocenters. The largest absolute Gasteiger partial charge is 0.249 e. The summed E-state index contributed by atoms with van der Waals surface area (Å²) < 4.78 is 3.36. The van der Waals surface area contributed by atoms with E-state index in [1.165, 1.54) is 48.6 Å². The first-order chi connectivity index (χ1) is 7.88. The maximum atomic E-state index is 4.13. The molecule has 0 fully saturated rings. The highest BCUT2D eigenvalue weighted by molar-refractivity contribution is 14.1. The number of rotatable bonds is 9. The number of hydrogen-bond acceptors (Lipinski definition) is 2. The summed E-state index contributed by atoms with van der Waals surface area (Å²) in [4.78, 5) is 0. The van der Waals surface area contributed by atoms with Crippen molar-refractivity contribution in [3.05, 3.63) is 11.9 Å². The number of halogens is 1. The molecule has 1 rings (SSSR count). The topological polar surface area (TPSA) is 30.7 Å². The van der Waals surface area contributed by atoms with E-state index in [1.54, 1.807) is 0 Å². The van der Waals surface area contributed by atoms with Crippen LogP contribution in [0, 0.1) is 0 Å². The molecule has 0 atom stereocenters. The summed E-state index contributed by atoms with van der Waals surface area (Å²) >= 11 is 2.45. The molecule has 0 saturated carbocycles. The summed E-state index contributed by atoms with van der Waals surface area (Å²) in [5, 5.41) is 8.12. The smallest absolute Gasteiger partial charge is 0.0725 e. The molecule has 0 aliphatic heterocycles. The van der Waals surface area contributed by atoms with Gasteiger partial charge in [0, 0.05) is 6.54 Å². The van der Waals surface area contributed by atoms with Gasteiger partial charge in [-0.25, -0.2) is 4.68 Å². The summed E-state index contributed by atoms with van der Waals surface area (Å²) in [5.41, 5.74) is 1.29. The first kappa shape index (κ1) is 13.9. The normalized spacial score (nSPS) is 10.9. The number of hydrogen-bond donors (Lipinski definition) is 0. The van der Waals surface area contributed by atoms with E-state index in [1.807, 2.05) is 6.20 Å². The Morgan fingerprint density at radius 1 is 1.19 bits per heavy atom. The minimum absolute atomic E-state index is 1.04. The highest BCUT2D eigenvalue weighted by atomic mass is 127. The van der Waals surface area contributed by atoms with Crippen molar-refractivity contribution in [3.63, 3.8) is 0 Å². The molecule has 3 nitrogen and oxygen atoms in total. The van der Waals surface area contributed by atoms with Crippen LogP contribution in [-0.2, 0) is 13.0 Å². The van der Waals surface area contributed by atoms with Crippen LogP contribution in [0.3, 0.4) is 0 Å². The quantitative estimate of drug-likeness (QED) is 0.392. The van der Waals surface area contributed by atoms with Crippen LogP contribution in [0.2, 0.25) is 0 Å². The third-order valence-corrected chi connectivity index (χ3v) is 3.47. The van der Waals surface area contributed by atoms with Crippen molar-refractivity contribution in [2.45, 2.75) is 58.4 Å². The molecule has 92 valence electrons. The van der Waals surface area contributed by atoms with Crippen molar-refractivity contribution in [3.8, 4) is 0 Å². The van der Waals surface area contributed by atoms with Crippen molar-refractivity contribution >= 4 is 22.6 Å². The lowest BCUT2D eigenvalue weighted by Gasteiger charge is -2.04. The molecule has 0 aliphatic carbocycles. The van der Waals surface area contributed by atoms with Crippen molar-refractivity contribution in [2.75, 3.05) is 4.43 Å². The third-order valence-electron chi connectivity index (χ3n) is 2.71. The van der Waals surface area contributed by atoms with Crippen LogP contribution in [-0.4, -0.2) is 19.4 Å². The molecule has 0 spiro atoms. The lowest BCUT2D eigenvalue weighted by Crippen LogP contribution is -2.05. The predicted molar refractivity (Wildman–Crippen MR) is 76.0 cm³/mol. The van der Waals surface area contributed by atoms with Gasteiger partial charge in [0.05, 0.1) is 11.9 Å². The van der Waals surface area contributed by atoms with Gasteiger partial charge in [0.1, 0.15) is 0 Å². The van der Waals surface area contributed by atoms with Crippen LogP contribution in [0.1, 0.15) is 51.1 Å². The summed E-state index contributed by atoms with van der Waals surface area (Å²) in [6, 6.07) is 0. The molecular formula is C12H22IN3. The number of nitrogens with zero attached hydrogens (tertiary/aromatic N) is 3. The average molecular weight is 335 g/mol. The zero-order chi connectivity index (χ0) is 11.6. The van der Waals surface area contributed by atoms with Gasteiger partial charge in [-0.2, -0.15) is 0 Å². The van der Waals surface area contributed by atoms with Crippen LogP contribution in [0.15, 0.2) is 6.20 Å². The number of alkyl halides is 1. The van der Waals surface area contributed by atoms with E-state index in [2.05, 4.69) is 44.5 Å². The van der Waals surface area contributed by atoms with Gasteiger partial charge in [-0.15, -0.1) is 5.10 Å². The first-order valence-electron chi connectivity index (χ1n) is 6.31. The van der Waals surface area contributed by atoms with Crippen molar-refractivity contribution in [2.24, 2.45) is 0 Å². The molecule has 0 saturated heterocycles. The first-order valence-corrected chi connectivity index (χ1v) is 7.84. The van der Waals surface area contributed by atoms with Crippen LogP contribution in [0.25, 0.3) is 0 Å². The number of aromatic nitrogens is 3. The lowest BCUT2D eigenvalue weighted by atomic mass is 10.1. The number of aryl methyl sites for hydroxylation is 2.